The first kappa shape index (κ1) is 9.90. The standard InChI is InChI=1S/C12H10BNO/c1-7-5-9(13)6-12-10(7)3-4-11(14-12)8(2)15/h3-6H,1-2H3. The van der Waals surface area contributed by atoms with E-state index in [2.05, 4.69) is 4.98 Å². The van der Waals surface area contributed by atoms with E-state index in [0.717, 1.165) is 16.5 Å². The number of fused-ring (bicyclic) bond motifs is 1. The predicted octanol–water partition coefficient (Wildman–Crippen LogP) is 1.54. The SMILES string of the molecule is [B]c1cc(C)c2ccc(C(C)=O)nc2c1. The largest absolute Gasteiger partial charge is 0.293 e. The van der Waals surface area contributed by atoms with Crippen LogP contribution >= 0.6 is 0 Å². The van der Waals surface area contributed by atoms with Gasteiger partial charge in [0.2, 0.25) is 0 Å². The van der Waals surface area contributed by atoms with Gasteiger partial charge in [0.15, 0.2) is 5.78 Å². The van der Waals surface area contributed by atoms with E-state index in [1.807, 2.05) is 19.1 Å². The van der Waals surface area contributed by atoms with Crippen molar-refractivity contribution < 1.29 is 4.79 Å². The van der Waals surface area contributed by atoms with Crippen LogP contribution in [-0.2, 0) is 0 Å². The Kier molecular flexibility index (Phi) is 2.31. The van der Waals surface area contributed by atoms with Crippen molar-refractivity contribution in [3.8, 4) is 0 Å². The van der Waals surface area contributed by atoms with E-state index >= 15 is 0 Å². The summed E-state index contributed by atoms with van der Waals surface area (Å²) in [6.07, 6.45) is 0. The second kappa shape index (κ2) is 3.50. The van der Waals surface area contributed by atoms with Crippen LogP contribution in [0.15, 0.2) is 24.3 Å². The average molecular weight is 195 g/mol. The second-order valence-corrected chi connectivity index (χ2v) is 3.66. The summed E-state index contributed by atoms with van der Waals surface area (Å²) in [5, 5.41) is 1.04. The van der Waals surface area contributed by atoms with Crippen molar-refractivity contribution in [2.24, 2.45) is 0 Å². The molecule has 0 spiro atoms. The lowest BCUT2D eigenvalue weighted by Gasteiger charge is -2.04. The van der Waals surface area contributed by atoms with Crippen LogP contribution in [0.2, 0.25) is 0 Å². The Morgan fingerprint density at radius 1 is 1.33 bits per heavy atom. The minimum atomic E-state index is -0.0306. The predicted molar refractivity (Wildman–Crippen MR) is 61.9 cm³/mol. The fraction of sp³-hybridized carbons (Fsp3) is 0.167. The molecule has 72 valence electrons. The molecule has 0 fully saturated rings. The number of benzene rings is 1. The molecule has 1 aromatic carbocycles. The molecule has 2 nitrogen and oxygen atoms in total. The summed E-state index contributed by atoms with van der Waals surface area (Å²) in [4.78, 5) is 15.4. The molecule has 0 saturated carbocycles. The van der Waals surface area contributed by atoms with E-state index < -0.39 is 0 Å². The number of Topliss-reactive ketones (excluding diaryl/α,β-unsaturated/α-hetero) is 1. The van der Waals surface area contributed by atoms with Crippen molar-refractivity contribution in [2.75, 3.05) is 0 Å². The van der Waals surface area contributed by atoms with Gasteiger partial charge < -0.3 is 0 Å². The Morgan fingerprint density at radius 2 is 2.07 bits per heavy atom. The lowest BCUT2D eigenvalue weighted by atomic mass is 9.92. The molecule has 0 saturated heterocycles. The molecular formula is C12H10BNO. The van der Waals surface area contributed by atoms with Crippen molar-refractivity contribution in [1.29, 1.82) is 0 Å². The average Bonchev–Trinajstić information content (AvgIpc) is 2.16. The van der Waals surface area contributed by atoms with Gasteiger partial charge in [-0.05, 0) is 24.6 Å². The van der Waals surface area contributed by atoms with Crippen LogP contribution in [0.3, 0.4) is 0 Å². The Labute approximate surface area is 89.7 Å². The zero-order chi connectivity index (χ0) is 11.0. The van der Waals surface area contributed by atoms with E-state index in [4.69, 9.17) is 7.85 Å². The van der Waals surface area contributed by atoms with Crippen LogP contribution in [0.4, 0.5) is 0 Å². The number of hydrogen-bond donors (Lipinski definition) is 0. The van der Waals surface area contributed by atoms with Gasteiger partial charge in [-0.25, -0.2) is 4.98 Å². The number of pyridine rings is 1. The third-order valence-corrected chi connectivity index (χ3v) is 2.40. The molecule has 0 aliphatic heterocycles. The van der Waals surface area contributed by atoms with Crippen LogP contribution in [0.25, 0.3) is 10.9 Å². The second-order valence-electron chi connectivity index (χ2n) is 3.66. The molecule has 2 rings (SSSR count). The molecule has 2 radical (unpaired) electrons. The maximum atomic E-state index is 11.2. The maximum absolute atomic E-state index is 11.2. The normalized spacial score (nSPS) is 10.5. The number of aryl methyl sites for hydroxylation is 1. The minimum absolute atomic E-state index is 0.0306. The van der Waals surface area contributed by atoms with Gasteiger partial charge in [-0.15, -0.1) is 0 Å². The zero-order valence-corrected chi connectivity index (χ0v) is 8.74. The van der Waals surface area contributed by atoms with Gasteiger partial charge in [0, 0.05) is 12.3 Å². The van der Waals surface area contributed by atoms with Crippen LogP contribution in [0.5, 0.6) is 0 Å². The molecule has 3 heteroatoms. The van der Waals surface area contributed by atoms with Crippen molar-refractivity contribution in [2.45, 2.75) is 13.8 Å². The van der Waals surface area contributed by atoms with Crippen molar-refractivity contribution >= 4 is 30.0 Å². The topological polar surface area (TPSA) is 30.0 Å². The summed E-state index contributed by atoms with van der Waals surface area (Å²) >= 11 is 0. The van der Waals surface area contributed by atoms with Crippen molar-refractivity contribution in [3.63, 3.8) is 0 Å². The number of aromatic nitrogens is 1. The third kappa shape index (κ3) is 1.77. The Hall–Kier alpha value is -1.64. The fourth-order valence-corrected chi connectivity index (χ4v) is 1.64. The molecule has 1 heterocycles. The molecule has 0 atom stereocenters. The monoisotopic (exact) mass is 195 g/mol. The van der Waals surface area contributed by atoms with Gasteiger partial charge in [0.1, 0.15) is 13.5 Å². The highest BCUT2D eigenvalue weighted by molar-refractivity contribution is 6.33. The van der Waals surface area contributed by atoms with E-state index in [-0.39, 0.29) is 5.78 Å². The van der Waals surface area contributed by atoms with Gasteiger partial charge in [-0.3, -0.25) is 4.79 Å². The number of carbonyl (C=O) groups excluding carboxylic acids is 1. The minimum Gasteiger partial charge on any atom is -0.293 e. The molecule has 15 heavy (non-hydrogen) atoms. The Morgan fingerprint density at radius 3 is 2.73 bits per heavy atom. The van der Waals surface area contributed by atoms with Gasteiger partial charge in [-0.1, -0.05) is 17.6 Å². The third-order valence-electron chi connectivity index (χ3n) is 2.40. The molecule has 0 aliphatic rings. The van der Waals surface area contributed by atoms with Crippen LogP contribution < -0.4 is 5.46 Å². The zero-order valence-electron chi connectivity index (χ0n) is 8.74. The Balaban J connectivity index is 2.76. The molecule has 0 unspecified atom stereocenters. The molecule has 0 N–H and O–H groups in total. The quantitative estimate of drug-likeness (QED) is 0.510. The molecule has 1 aromatic heterocycles. The van der Waals surface area contributed by atoms with Crippen LogP contribution in [0.1, 0.15) is 23.0 Å². The maximum Gasteiger partial charge on any atom is 0.178 e. The van der Waals surface area contributed by atoms with Gasteiger partial charge in [0.25, 0.3) is 0 Å². The number of nitrogens with zero attached hydrogens (tertiary/aromatic N) is 1. The van der Waals surface area contributed by atoms with E-state index in [0.29, 0.717) is 11.2 Å². The Bertz CT molecular complexity index is 549. The summed E-state index contributed by atoms with van der Waals surface area (Å²) in [6, 6.07) is 7.34. The van der Waals surface area contributed by atoms with E-state index in [9.17, 15) is 4.79 Å². The van der Waals surface area contributed by atoms with Gasteiger partial charge in [0.05, 0.1) is 5.52 Å². The van der Waals surface area contributed by atoms with Crippen molar-refractivity contribution in [1.82, 2.24) is 4.98 Å². The summed E-state index contributed by atoms with van der Waals surface area (Å²) in [5.74, 6) is -0.0306. The number of rotatable bonds is 1. The molecule has 0 aliphatic carbocycles. The lowest BCUT2D eigenvalue weighted by molar-refractivity contribution is 0.101. The van der Waals surface area contributed by atoms with Crippen molar-refractivity contribution in [3.05, 3.63) is 35.5 Å². The number of carbonyl (C=O) groups is 1. The highest BCUT2D eigenvalue weighted by atomic mass is 16.1. The lowest BCUT2D eigenvalue weighted by Crippen LogP contribution is -2.04. The summed E-state index contributed by atoms with van der Waals surface area (Å²) in [5.41, 5.74) is 3.01. The summed E-state index contributed by atoms with van der Waals surface area (Å²) in [6.45, 7) is 3.49. The summed E-state index contributed by atoms with van der Waals surface area (Å²) < 4.78 is 0. The van der Waals surface area contributed by atoms with E-state index in [1.165, 1.54) is 6.92 Å². The van der Waals surface area contributed by atoms with Gasteiger partial charge >= 0.3 is 0 Å². The van der Waals surface area contributed by atoms with Crippen LogP contribution in [0, 0.1) is 6.92 Å². The summed E-state index contributed by atoms with van der Waals surface area (Å²) in [7, 11) is 5.73. The van der Waals surface area contributed by atoms with Gasteiger partial charge in [-0.2, -0.15) is 0 Å². The van der Waals surface area contributed by atoms with E-state index in [1.54, 1.807) is 12.1 Å². The highest BCUT2D eigenvalue weighted by Crippen LogP contribution is 2.15. The highest BCUT2D eigenvalue weighted by Gasteiger charge is 2.04. The number of hydrogen-bond acceptors (Lipinski definition) is 2. The first-order valence-electron chi connectivity index (χ1n) is 4.76. The first-order chi connectivity index (χ1) is 7.08. The molecule has 2 aromatic rings. The molecule has 0 amide bonds. The smallest absolute Gasteiger partial charge is 0.178 e. The number of ketones is 1. The molecule has 0 bridgehead atoms. The molecular weight excluding hydrogens is 185 g/mol. The first-order valence-corrected chi connectivity index (χ1v) is 4.76. The fourth-order valence-electron chi connectivity index (χ4n) is 1.64. The van der Waals surface area contributed by atoms with Crippen LogP contribution in [-0.4, -0.2) is 18.6 Å².